The monoisotopic (exact) mass is 254 g/mol. The molecule has 1 rings (SSSR count). The lowest BCUT2D eigenvalue weighted by Gasteiger charge is -2.14. The van der Waals surface area contributed by atoms with Crippen LogP contribution in [0.1, 0.15) is 29.5 Å². The molecule has 0 bridgehead atoms. The summed E-state index contributed by atoms with van der Waals surface area (Å²) in [6.45, 7) is 10.1. The summed E-state index contributed by atoms with van der Waals surface area (Å²) in [7, 11) is 0. The van der Waals surface area contributed by atoms with Gasteiger partial charge in [-0.2, -0.15) is 4.37 Å². The zero-order valence-corrected chi connectivity index (χ0v) is 11.2. The number of hydrogen-bond acceptors (Lipinski definition) is 4. The third-order valence-corrected chi connectivity index (χ3v) is 3.44. The molecular formula is C12H18N2O2S. The van der Waals surface area contributed by atoms with E-state index in [0.29, 0.717) is 13.0 Å². The van der Waals surface area contributed by atoms with Gasteiger partial charge in [-0.25, -0.2) is 0 Å². The summed E-state index contributed by atoms with van der Waals surface area (Å²) < 4.78 is 4.24. The highest BCUT2D eigenvalue weighted by molar-refractivity contribution is 7.05. The van der Waals surface area contributed by atoms with Crippen molar-refractivity contribution in [2.75, 3.05) is 0 Å². The Bertz CT molecular complexity index is 407. The van der Waals surface area contributed by atoms with Gasteiger partial charge in [0.25, 0.3) is 0 Å². The van der Waals surface area contributed by atoms with E-state index in [1.807, 2.05) is 20.8 Å². The Morgan fingerprint density at radius 2 is 2.24 bits per heavy atom. The summed E-state index contributed by atoms with van der Waals surface area (Å²) in [5, 5.41) is 12.1. The molecule has 0 fully saturated rings. The first-order valence-electron chi connectivity index (χ1n) is 5.44. The fraction of sp³-hybridized carbons (Fsp3) is 0.500. The molecule has 5 heteroatoms. The summed E-state index contributed by atoms with van der Waals surface area (Å²) in [4.78, 5) is 12.2. The second-order valence-electron chi connectivity index (χ2n) is 4.24. The largest absolute Gasteiger partial charge is 0.480 e. The van der Waals surface area contributed by atoms with Crippen molar-refractivity contribution >= 4 is 17.5 Å². The molecule has 0 aliphatic carbocycles. The third-order valence-electron chi connectivity index (χ3n) is 2.56. The van der Waals surface area contributed by atoms with Gasteiger partial charge in [0, 0.05) is 17.0 Å². The van der Waals surface area contributed by atoms with Crippen LogP contribution in [0, 0.1) is 13.8 Å². The van der Waals surface area contributed by atoms with Gasteiger partial charge in [-0.1, -0.05) is 5.57 Å². The number of rotatable bonds is 6. The van der Waals surface area contributed by atoms with Crippen LogP contribution in [0.5, 0.6) is 0 Å². The Hall–Kier alpha value is -1.20. The first-order valence-corrected chi connectivity index (χ1v) is 6.21. The van der Waals surface area contributed by atoms with Gasteiger partial charge in [-0.3, -0.25) is 10.1 Å². The van der Waals surface area contributed by atoms with Crippen molar-refractivity contribution in [3.63, 3.8) is 0 Å². The van der Waals surface area contributed by atoms with Gasteiger partial charge < -0.3 is 5.11 Å². The second kappa shape index (κ2) is 5.93. The average molecular weight is 254 g/mol. The lowest BCUT2D eigenvalue weighted by atomic mass is 10.1. The standard InChI is InChI=1S/C12H18N2O2S/c1-7(2)5-11(12(15)16)13-6-10-8(3)14-17-9(10)4/h11,13H,1,5-6H2,2-4H3,(H,15,16). The fourth-order valence-electron chi connectivity index (χ4n) is 1.57. The maximum Gasteiger partial charge on any atom is 0.321 e. The van der Waals surface area contributed by atoms with Crippen molar-refractivity contribution in [3.05, 3.63) is 28.3 Å². The number of nitrogens with zero attached hydrogens (tertiary/aromatic N) is 1. The van der Waals surface area contributed by atoms with Gasteiger partial charge in [0.15, 0.2) is 0 Å². The van der Waals surface area contributed by atoms with Crippen molar-refractivity contribution in [2.45, 2.75) is 39.8 Å². The Kier molecular flexibility index (Phi) is 4.84. The molecule has 4 nitrogen and oxygen atoms in total. The Labute approximate surface area is 106 Å². The lowest BCUT2D eigenvalue weighted by molar-refractivity contribution is -0.139. The normalized spacial score (nSPS) is 12.4. The molecule has 0 radical (unpaired) electrons. The van der Waals surface area contributed by atoms with Crippen molar-refractivity contribution in [3.8, 4) is 0 Å². The van der Waals surface area contributed by atoms with Crippen LogP contribution in [0.3, 0.4) is 0 Å². The van der Waals surface area contributed by atoms with E-state index in [-0.39, 0.29) is 0 Å². The van der Waals surface area contributed by atoms with Crippen LogP contribution in [0.25, 0.3) is 0 Å². The van der Waals surface area contributed by atoms with Crippen LogP contribution in [-0.2, 0) is 11.3 Å². The van der Waals surface area contributed by atoms with Crippen LogP contribution in [0.2, 0.25) is 0 Å². The molecule has 94 valence electrons. The van der Waals surface area contributed by atoms with Gasteiger partial charge in [0.05, 0.1) is 5.69 Å². The molecule has 0 spiro atoms. The SMILES string of the molecule is C=C(C)CC(NCc1c(C)nsc1C)C(=O)O. The van der Waals surface area contributed by atoms with E-state index in [0.717, 1.165) is 21.7 Å². The maximum absolute atomic E-state index is 11.0. The van der Waals surface area contributed by atoms with Gasteiger partial charge in [0.2, 0.25) is 0 Å². The quantitative estimate of drug-likeness (QED) is 0.764. The van der Waals surface area contributed by atoms with E-state index in [1.165, 1.54) is 11.5 Å². The van der Waals surface area contributed by atoms with Gasteiger partial charge in [-0.05, 0) is 38.7 Å². The second-order valence-corrected chi connectivity index (χ2v) is 5.21. The first kappa shape index (κ1) is 13.9. The van der Waals surface area contributed by atoms with E-state index in [1.54, 1.807) is 0 Å². The predicted molar refractivity (Wildman–Crippen MR) is 69.3 cm³/mol. The zero-order chi connectivity index (χ0) is 13.0. The Morgan fingerprint density at radius 3 is 2.65 bits per heavy atom. The van der Waals surface area contributed by atoms with Crippen molar-refractivity contribution in [2.24, 2.45) is 0 Å². The number of carboxylic acid groups (broad SMARTS) is 1. The molecule has 1 aromatic heterocycles. The minimum atomic E-state index is -0.841. The molecule has 0 aliphatic heterocycles. The molecular weight excluding hydrogens is 236 g/mol. The molecule has 2 N–H and O–H groups in total. The number of aliphatic carboxylic acids is 1. The number of carboxylic acids is 1. The summed E-state index contributed by atoms with van der Waals surface area (Å²) in [6.07, 6.45) is 0.449. The van der Waals surface area contributed by atoms with E-state index < -0.39 is 12.0 Å². The summed E-state index contributed by atoms with van der Waals surface area (Å²) >= 11 is 1.45. The highest BCUT2D eigenvalue weighted by Gasteiger charge is 2.17. The molecule has 17 heavy (non-hydrogen) atoms. The summed E-state index contributed by atoms with van der Waals surface area (Å²) in [5.74, 6) is -0.841. The highest BCUT2D eigenvalue weighted by atomic mass is 32.1. The molecule has 1 aromatic rings. The van der Waals surface area contributed by atoms with Crippen molar-refractivity contribution in [1.29, 1.82) is 0 Å². The molecule has 0 saturated heterocycles. The lowest BCUT2D eigenvalue weighted by Crippen LogP contribution is -2.36. The van der Waals surface area contributed by atoms with Gasteiger partial charge in [-0.15, -0.1) is 6.58 Å². The van der Waals surface area contributed by atoms with E-state index in [9.17, 15) is 4.79 Å². The van der Waals surface area contributed by atoms with Crippen molar-refractivity contribution in [1.82, 2.24) is 9.69 Å². The van der Waals surface area contributed by atoms with E-state index in [2.05, 4.69) is 16.3 Å². The molecule has 1 atom stereocenters. The maximum atomic E-state index is 11.0. The predicted octanol–water partition coefficient (Wildman–Crippen LogP) is 2.27. The van der Waals surface area contributed by atoms with Crippen LogP contribution in [0.15, 0.2) is 12.2 Å². The number of hydrogen-bond donors (Lipinski definition) is 2. The first-order chi connectivity index (χ1) is 7.91. The van der Waals surface area contributed by atoms with Crippen LogP contribution in [0.4, 0.5) is 0 Å². The minimum absolute atomic E-state index is 0.449. The number of aromatic nitrogens is 1. The third kappa shape index (κ3) is 3.94. The molecule has 0 amide bonds. The number of nitrogens with one attached hydrogen (secondary N) is 1. The zero-order valence-electron chi connectivity index (χ0n) is 10.4. The number of aryl methyl sites for hydroxylation is 2. The average Bonchev–Trinajstić information content (AvgIpc) is 2.53. The topological polar surface area (TPSA) is 62.2 Å². The summed E-state index contributed by atoms with van der Waals surface area (Å²) in [5.41, 5.74) is 2.93. The molecule has 1 heterocycles. The molecule has 0 saturated carbocycles. The highest BCUT2D eigenvalue weighted by Crippen LogP contribution is 2.17. The fourth-order valence-corrected chi connectivity index (χ4v) is 2.29. The van der Waals surface area contributed by atoms with Crippen LogP contribution in [-0.4, -0.2) is 21.5 Å². The van der Waals surface area contributed by atoms with E-state index in [4.69, 9.17) is 5.11 Å². The van der Waals surface area contributed by atoms with Crippen LogP contribution < -0.4 is 5.32 Å². The minimum Gasteiger partial charge on any atom is -0.480 e. The molecule has 0 aromatic carbocycles. The van der Waals surface area contributed by atoms with E-state index >= 15 is 0 Å². The van der Waals surface area contributed by atoms with Gasteiger partial charge >= 0.3 is 5.97 Å². The Balaban J connectivity index is 2.64. The Morgan fingerprint density at radius 1 is 1.59 bits per heavy atom. The smallest absolute Gasteiger partial charge is 0.321 e. The van der Waals surface area contributed by atoms with Crippen LogP contribution >= 0.6 is 11.5 Å². The summed E-state index contributed by atoms with van der Waals surface area (Å²) in [6, 6.07) is -0.578. The van der Waals surface area contributed by atoms with Crippen molar-refractivity contribution < 1.29 is 9.90 Å². The molecule has 0 aliphatic rings. The van der Waals surface area contributed by atoms with Gasteiger partial charge in [0.1, 0.15) is 6.04 Å². The molecule has 1 unspecified atom stereocenters. The number of carbonyl (C=O) groups is 1.